The molecule has 0 bridgehead atoms. The molecular weight excluding hydrogens is 470 g/mol. The largest absolute Gasteiger partial charge is 0.481 e. The zero-order chi connectivity index (χ0) is 25.5. The average Bonchev–Trinajstić information content (AvgIpc) is 2.97. The molecule has 0 aliphatic heterocycles. The summed E-state index contributed by atoms with van der Waals surface area (Å²) in [5.74, 6) is -6.92. The Kier molecular flexibility index (Phi) is 5.90. The third-order valence-corrected chi connectivity index (χ3v) is 10.6. The highest BCUT2D eigenvalue weighted by atomic mass is 35.5. The fourth-order valence-corrected chi connectivity index (χ4v) is 8.93. The number of carboxylic acids is 1. The topological polar surface area (TPSA) is 112 Å². The first kappa shape index (κ1) is 25.7. The van der Waals surface area contributed by atoms with Crippen LogP contribution in [0.4, 0.5) is 8.78 Å². The normalized spacial score (nSPS) is 47.3. The molecule has 4 aliphatic carbocycles. The minimum Gasteiger partial charge on any atom is -0.481 e. The van der Waals surface area contributed by atoms with Crippen LogP contribution in [0.2, 0.25) is 0 Å². The Morgan fingerprint density at radius 2 is 1.82 bits per heavy atom. The monoisotopic (exact) mass is 502 g/mol. The first-order valence-electron chi connectivity index (χ1n) is 12.0. The van der Waals surface area contributed by atoms with Crippen molar-refractivity contribution in [2.75, 3.05) is 5.88 Å². The summed E-state index contributed by atoms with van der Waals surface area (Å²) in [6, 6.07) is 0. The van der Waals surface area contributed by atoms with Gasteiger partial charge in [-0.2, -0.15) is 0 Å². The molecule has 0 radical (unpaired) electrons. The van der Waals surface area contributed by atoms with E-state index in [2.05, 4.69) is 0 Å². The van der Waals surface area contributed by atoms with Crippen LogP contribution in [0.3, 0.4) is 0 Å². The van der Waals surface area contributed by atoms with E-state index in [0.29, 0.717) is 6.42 Å². The van der Waals surface area contributed by atoms with E-state index < -0.39 is 63.9 Å². The number of alkyl halides is 3. The van der Waals surface area contributed by atoms with Crippen molar-refractivity contribution in [3.05, 3.63) is 11.6 Å². The van der Waals surface area contributed by atoms with Gasteiger partial charge in [0.1, 0.15) is 11.8 Å². The molecule has 4 rings (SSSR count). The molecule has 0 unspecified atom stereocenters. The van der Waals surface area contributed by atoms with Crippen molar-refractivity contribution in [1.82, 2.24) is 0 Å². The summed E-state index contributed by atoms with van der Waals surface area (Å²) in [5, 5.41) is 29.9. The molecule has 4 aliphatic rings. The van der Waals surface area contributed by atoms with E-state index in [-0.39, 0.29) is 55.3 Å². The van der Waals surface area contributed by atoms with Crippen LogP contribution >= 0.6 is 11.6 Å². The van der Waals surface area contributed by atoms with Crippen LogP contribution < -0.4 is 0 Å². The number of hydrogen-bond acceptors (Lipinski definition) is 5. The van der Waals surface area contributed by atoms with E-state index >= 15 is 8.78 Å². The maximum Gasteiger partial charge on any atom is 0.303 e. The molecule has 190 valence electrons. The van der Waals surface area contributed by atoms with Crippen molar-refractivity contribution in [2.45, 2.75) is 83.3 Å². The number of carbonyl (C=O) groups is 3. The molecule has 3 fully saturated rings. The van der Waals surface area contributed by atoms with Gasteiger partial charge < -0.3 is 15.3 Å². The molecule has 3 saturated carbocycles. The van der Waals surface area contributed by atoms with Gasteiger partial charge in [-0.05, 0) is 61.0 Å². The lowest BCUT2D eigenvalue weighted by molar-refractivity contribution is -0.223. The van der Waals surface area contributed by atoms with E-state index in [1.165, 1.54) is 6.92 Å². The van der Waals surface area contributed by atoms with Gasteiger partial charge in [0, 0.05) is 29.6 Å². The number of aliphatic carboxylic acids is 1. The zero-order valence-electron chi connectivity index (χ0n) is 19.7. The number of ketones is 2. The summed E-state index contributed by atoms with van der Waals surface area (Å²) in [4.78, 5) is 36.9. The predicted molar refractivity (Wildman–Crippen MR) is 119 cm³/mol. The zero-order valence-corrected chi connectivity index (χ0v) is 20.5. The van der Waals surface area contributed by atoms with Crippen molar-refractivity contribution >= 4 is 29.1 Å². The predicted octanol–water partition coefficient (Wildman–Crippen LogP) is 3.75. The first-order chi connectivity index (χ1) is 15.6. The maximum absolute atomic E-state index is 17.2. The molecule has 0 aromatic rings. The maximum atomic E-state index is 17.2. The van der Waals surface area contributed by atoms with E-state index in [1.54, 1.807) is 0 Å². The SMILES string of the molecule is C[C@H]1C[C@H]2[C@@H]3C[C@H](F)C4=CC(=O)C(O)(O)C[C@]4(C)[C@@]3(F)CC[C@]2(C)[C@@]1(CCC(=O)O)C(=O)CCl. The Balaban J connectivity index is 1.82. The standard InChI is InChI=1S/C25H33ClF2O6/c1-13-8-14-15-9-17(27)16-10-18(29)25(33,34)12-22(16,3)24(15,28)7-6-21(14,2)23(13,19(30)11-26)5-4-20(31)32/h10,13-15,17,33-34H,4-9,11-12H2,1-3H3,(H,31,32)/t13-,14-,15-,17-,21-,22-,23+,24+/m0/s1. The lowest BCUT2D eigenvalue weighted by atomic mass is 9.42. The van der Waals surface area contributed by atoms with E-state index in [1.807, 2.05) is 13.8 Å². The first-order valence-corrected chi connectivity index (χ1v) is 12.5. The molecule has 0 saturated heterocycles. The van der Waals surface area contributed by atoms with E-state index in [0.717, 1.165) is 6.08 Å². The number of halogens is 3. The van der Waals surface area contributed by atoms with Crippen LogP contribution in [-0.4, -0.2) is 56.4 Å². The number of aliphatic hydroxyl groups is 2. The highest BCUT2D eigenvalue weighted by molar-refractivity contribution is 6.28. The lowest BCUT2D eigenvalue weighted by Crippen LogP contribution is -2.66. The Morgan fingerprint density at radius 1 is 1.18 bits per heavy atom. The molecule has 34 heavy (non-hydrogen) atoms. The fourth-order valence-electron chi connectivity index (χ4n) is 8.69. The van der Waals surface area contributed by atoms with Gasteiger partial charge in [-0.15, -0.1) is 11.6 Å². The van der Waals surface area contributed by atoms with Crippen LogP contribution in [0.5, 0.6) is 0 Å². The molecule has 9 heteroatoms. The van der Waals surface area contributed by atoms with Crippen LogP contribution in [0.25, 0.3) is 0 Å². The van der Waals surface area contributed by atoms with Crippen molar-refractivity contribution in [1.29, 1.82) is 0 Å². The molecular formula is C25H33ClF2O6. The minimum absolute atomic E-state index is 0.0291. The van der Waals surface area contributed by atoms with Crippen molar-refractivity contribution in [2.24, 2.45) is 34.0 Å². The third-order valence-electron chi connectivity index (χ3n) is 10.4. The number of allylic oxidation sites excluding steroid dienone is 1. The van der Waals surface area contributed by atoms with E-state index in [9.17, 15) is 29.7 Å². The molecule has 0 aromatic carbocycles. The summed E-state index contributed by atoms with van der Waals surface area (Å²) < 4.78 is 32.8. The van der Waals surface area contributed by atoms with Crippen LogP contribution in [-0.2, 0) is 14.4 Å². The number of rotatable bonds is 5. The summed E-state index contributed by atoms with van der Waals surface area (Å²) in [5.41, 5.74) is -5.50. The van der Waals surface area contributed by atoms with Gasteiger partial charge in [-0.1, -0.05) is 20.8 Å². The summed E-state index contributed by atoms with van der Waals surface area (Å²) in [6.45, 7) is 5.22. The quantitative estimate of drug-likeness (QED) is 0.390. The molecule has 0 aromatic heterocycles. The highest BCUT2D eigenvalue weighted by Gasteiger charge is 2.74. The molecule has 8 atom stereocenters. The smallest absolute Gasteiger partial charge is 0.303 e. The second-order valence-electron chi connectivity index (χ2n) is 11.5. The molecule has 6 nitrogen and oxygen atoms in total. The fraction of sp³-hybridized carbons (Fsp3) is 0.800. The average molecular weight is 503 g/mol. The van der Waals surface area contributed by atoms with Gasteiger partial charge in [-0.3, -0.25) is 14.4 Å². The van der Waals surface area contributed by atoms with Crippen LogP contribution in [0.1, 0.15) is 65.7 Å². The summed E-state index contributed by atoms with van der Waals surface area (Å²) >= 11 is 6.02. The molecule has 0 heterocycles. The molecule has 0 spiro atoms. The Hall–Kier alpha value is -1.38. The van der Waals surface area contributed by atoms with Crippen molar-refractivity contribution < 1.29 is 38.5 Å². The second kappa shape index (κ2) is 7.81. The van der Waals surface area contributed by atoms with Gasteiger partial charge >= 0.3 is 5.97 Å². The number of carboxylic acid groups (broad SMARTS) is 1. The minimum atomic E-state index is -2.78. The van der Waals surface area contributed by atoms with Gasteiger partial charge in [0.05, 0.1) is 5.88 Å². The summed E-state index contributed by atoms with van der Waals surface area (Å²) in [7, 11) is 0. The Labute approximate surface area is 202 Å². The van der Waals surface area contributed by atoms with Crippen LogP contribution in [0, 0.1) is 34.0 Å². The Bertz CT molecular complexity index is 967. The van der Waals surface area contributed by atoms with Gasteiger partial charge in [0.2, 0.25) is 11.6 Å². The molecule has 0 amide bonds. The van der Waals surface area contributed by atoms with Crippen LogP contribution in [0.15, 0.2) is 11.6 Å². The van der Waals surface area contributed by atoms with E-state index in [4.69, 9.17) is 11.6 Å². The highest BCUT2D eigenvalue weighted by Crippen LogP contribution is 2.74. The number of carbonyl (C=O) groups excluding carboxylic acids is 2. The van der Waals surface area contributed by atoms with Gasteiger partial charge in [0.25, 0.3) is 0 Å². The number of fused-ring (bicyclic) bond motifs is 5. The number of hydrogen-bond donors (Lipinski definition) is 3. The Morgan fingerprint density at radius 3 is 2.41 bits per heavy atom. The van der Waals surface area contributed by atoms with Gasteiger partial charge in [0.15, 0.2) is 5.78 Å². The summed E-state index contributed by atoms with van der Waals surface area (Å²) in [6.07, 6.45) is -1.12. The third kappa shape index (κ3) is 3.07. The molecule has 3 N–H and O–H groups in total. The van der Waals surface area contributed by atoms with Crippen molar-refractivity contribution in [3.63, 3.8) is 0 Å². The van der Waals surface area contributed by atoms with Crippen molar-refractivity contribution in [3.8, 4) is 0 Å². The lowest BCUT2D eigenvalue weighted by Gasteiger charge is -2.63. The second-order valence-corrected chi connectivity index (χ2v) is 11.8. The van der Waals surface area contributed by atoms with Gasteiger partial charge in [-0.25, -0.2) is 8.78 Å². The number of Topliss-reactive ketones (excluding diaryl/α,β-unsaturated/α-hetero) is 1.